The third-order valence-corrected chi connectivity index (χ3v) is 3.93. The normalized spacial score (nSPS) is 16.0. The maximum atomic E-state index is 6.03. The van der Waals surface area contributed by atoms with E-state index in [4.69, 9.17) is 21.8 Å². The summed E-state index contributed by atoms with van der Waals surface area (Å²) < 4.78 is 5.95. The van der Waals surface area contributed by atoms with E-state index in [-0.39, 0.29) is 5.95 Å². The summed E-state index contributed by atoms with van der Waals surface area (Å²) in [5.41, 5.74) is 7.99. The second kappa shape index (κ2) is 4.75. The summed E-state index contributed by atoms with van der Waals surface area (Å²) in [6.07, 6.45) is 0. The molecule has 1 aromatic carbocycles. The van der Waals surface area contributed by atoms with E-state index in [1.807, 2.05) is 12.1 Å². The van der Waals surface area contributed by atoms with Gasteiger partial charge in [-0.15, -0.1) is 0 Å². The number of hydrogen-bond donors (Lipinski definition) is 2. The number of halogens is 1. The Bertz CT molecular complexity index is 825. The predicted octanol–water partition coefficient (Wildman–Crippen LogP) is 2.02. The zero-order chi connectivity index (χ0) is 14.4. The Morgan fingerprint density at radius 1 is 1.24 bits per heavy atom. The number of nitrogens with one attached hydrogen (secondary N) is 1. The number of piperazine rings is 1. The molecular formula is C14H14ClN5O. The first kappa shape index (κ1) is 12.7. The largest absolute Gasteiger partial charge is 0.450 e. The van der Waals surface area contributed by atoms with Gasteiger partial charge in [0.05, 0.1) is 0 Å². The molecule has 21 heavy (non-hydrogen) atoms. The first-order valence-corrected chi connectivity index (χ1v) is 7.21. The highest BCUT2D eigenvalue weighted by Crippen LogP contribution is 2.34. The van der Waals surface area contributed by atoms with Crippen LogP contribution in [0.15, 0.2) is 22.6 Å². The van der Waals surface area contributed by atoms with Gasteiger partial charge in [-0.05, 0) is 12.1 Å². The number of furan rings is 1. The number of benzene rings is 1. The lowest BCUT2D eigenvalue weighted by atomic mass is 10.2. The molecule has 2 aromatic heterocycles. The van der Waals surface area contributed by atoms with Crippen LogP contribution >= 0.6 is 11.6 Å². The molecule has 0 unspecified atom stereocenters. The quantitative estimate of drug-likeness (QED) is 0.716. The van der Waals surface area contributed by atoms with E-state index in [1.165, 1.54) is 0 Å². The van der Waals surface area contributed by atoms with E-state index in [9.17, 15) is 0 Å². The van der Waals surface area contributed by atoms with Crippen LogP contribution in [0, 0.1) is 0 Å². The van der Waals surface area contributed by atoms with Crippen molar-refractivity contribution in [2.45, 2.75) is 0 Å². The van der Waals surface area contributed by atoms with Crippen LogP contribution in [-0.4, -0.2) is 36.1 Å². The van der Waals surface area contributed by atoms with Crippen LogP contribution < -0.4 is 16.0 Å². The summed E-state index contributed by atoms with van der Waals surface area (Å²) in [5, 5.41) is 4.85. The Morgan fingerprint density at radius 3 is 2.86 bits per heavy atom. The zero-order valence-corrected chi connectivity index (χ0v) is 12.0. The standard InChI is InChI=1S/C14H14ClN5O/c15-8-1-2-9-10(7-8)21-12-11(9)18-14(16)19-13(12)20-5-3-17-4-6-20/h1-2,7,17H,3-6H2,(H2,16,18,19). The molecule has 0 saturated carbocycles. The summed E-state index contributed by atoms with van der Waals surface area (Å²) in [7, 11) is 0. The first-order valence-electron chi connectivity index (χ1n) is 6.83. The molecule has 1 fully saturated rings. The van der Waals surface area contributed by atoms with E-state index in [0.29, 0.717) is 16.2 Å². The van der Waals surface area contributed by atoms with Crippen LogP contribution in [0.5, 0.6) is 0 Å². The molecule has 0 atom stereocenters. The van der Waals surface area contributed by atoms with Gasteiger partial charge in [-0.1, -0.05) is 11.6 Å². The van der Waals surface area contributed by atoms with Crippen LogP contribution in [0.4, 0.5) is 11.8 Å². The number of hydrogen-bond acceptors (Lipinski definition) is 6. The van der Waals surface area contributed by atoms with Gasteiger partial charge in [0, 0.05) is 42.7 Å². The van der Waals surface area contributed by atoms with Gasteiger partial charge < -0.3 is 20.4 Å². The van der Waals surface area contributed by atoms with E-state index >= 15 is 0 Å². The number of rotatable bonds is 1. The minimum atomic E-state index is 0.258. The van der Waals surface area contributed by atoms with Gasteiger partial charge in [0.25, 0.3) is 0 Å². The number of aromatic nitrogens is 2. The van der Waals surface area contributed by atoms with Crippen molar-refractivity contribution in [1.82, 2.24) is 15.3 Å². The summed E-state index contributed by atoms with van der Waals surface area (Å²) in [4.78, 5) is 10.9. The van der Waals surface area contributed by atoms with Crippen LogP contribution in [-0.2, 0) is 0 Å². The molecule has 1 saturated heterocycles. The molecular weight excluding hydrogens is 290 g/mol. The van der Waals surface area contributed by atoms with E-state index in [0.717, 1.165) is 42.9 Å². The van der Waals surface area contributed by atoms with Crippen LogP contribution in [0.1, 0.15) is 0 Å². The Morgan fingerprint density at radius 2 is 2.05 bits per heavy atom. The first-order chi connectivity index (χ1) is 10.2. The van der Waals surface area contributed by atoms with E-state index in [1.54, 1.807) is 6.07 Å². The molecule has 0 aliphatic carbocycles. The third kappa shape index (κ3) is 2.07. The van der Waals surface area contributed by atoms with Crippen molar-refractivity contribution in [3.05, 3.63) is 23.2 Å². The molecule has 3 N–H and O–H groups in total. The van der Waals surface area contributed by atoms with Gasteiger partial charge in [-0.25, -0.2) is 4.98 Å². The van der Waals surface area contributed by atoms with Crippen LogP contribution in [0.3, 0.4) is 0 Å². The van der Waals surface area contributed by atoms with E-state index in [2.05, 4.69) is 20.2 Å². The summed E-state index contributed by atoms with van der Waals surface area (Å²) in [5.74, 6) is 1.01. The van der Waals surface area contributed by atoms with Gasteiger partial charge >= 0.3 is 0 Å². The Hall–Kier alpha value is -2.05. The third-order valence-electron chi connectivity index (χ3n) is 3.69. The predicted molar refractivity (Wildman–Crippen MR) is 83.8 cm³/mol. The fourth-order valence-electron chi connectivity index (χ4n) is 2.71. The number of nitrogens with zero attached hydrogens (tertiary/aromatic N) is 3. The van der Waals surface area contributed by atoms with Crippen molar-refractivity contribution in [2.75, 3.05) is 36.8 Å². The highest BCUT2D eigenvalue weighted by molar-refractivity contribution is 6.31. The molecule has 3 heterocycles. The minimum Gasteiger partial charge on any atom is -0.450 e. The molecule has 0 radical (unpaired) electrons. The highest BCUT2D eigenvalue weighted by Gasteiger charge is 2.21. The average Bonchev–Trinajstić information content (AvgIpc) is 2.84. The van der Waals surface area contributed by atoms with Gasteiger partial charge in [0.15, 0.2) is 11.4 Å². The maximum Gasteiger partial charge on any atom is 0.222 e. The number of nitrogen functional groups attached to an aromatic ring is 1. The smallest absolute Gasteiger partial charge is 0.222 e. The lowest BCUT2D eigenvalue weighted by molar-refractivity contribution is 0.580. The molecule has 0 spiro atoms. The van der Waals surface area contributed by atoms with Crippen molar-refractivity contribution in [3.8, 4) is 0 Å². The lowest BCUT2D eigenvalue weighted by Crippen LogP contribution is -2.44. The van der Waals surface area contributed by atoms with Crippen molar-refractivity contribution < 1.29 is 4.42 Å². The molecule has 4 rings (SSSR count). The molecule has 3 aromatic rings. The lowest BCUT2D eigenvalue weighted by Gasteiger charge is -2.28. The Labute approximate surface area is 125 Å². The molecule has 0 bridgehead atoms. The Balaban J connectivity index is 1.99. The fourth-order valence-corrected chi connectivity index (χ4v) is 2.87. The summed E-state index contributed by atoms with van der Waals surface area (Å²) >= 11 is 6.03. The second-order valence-electron chi connectivity index (χ2n) is 5.06. The number of anilines is 2. The minimum absolute atomic E-state index is 0.258. The molecule has 1 aliphatic rings. The van der Waals surface area contributed by atoms with Crippen molar-refractivity contribution in [1.29, 1.82) is 0 Å². The topological polar surface area (TPSA) is 80.2 Å². The van der Waals surface area contributed by atoms with Crippen LogP contribution in [0.2, 0.25) is 5.02 Å². The molecule has 7 heteroatoms. The number of fused-ring (bicyclic) bond motifs is 3. The van der Waals surface area contributed by atoms with Gasteiger partial charge in [-0.2, -0.15) is 4.98 Å². The molecule has 6 nitrogen and oxygen atoms in total. The zero-order valence-electron chi connectivity index (χ0n) is 11.3. The maximum absolute atomic E-state index is 6.03. The number of nitrogens with two attached hydrogens (primary N) is 1. The van der Waals surface area contributed by atoms with Crippen molar-refractivity contribution >= 4 is 45.4 Å². The van der Waals surface area contributed by atoms with Gasteiger partial charge in [-0.3, -0.25) is 0 Å². The van der Waals surface area contributed by atoms with Crippen molar-refractivity contribution in [3.63, 3.8) is 0 Å². The highest BCUT2D eigenvalue weighted by atomic mass is 35.5. The fraction of sp³-hybridized carbons (Fsp3) is 0.286. The monoisotopic (exact) mass is 303 g/mol. The Kier molecular flexibility index (Phi) is 2.87. The summed E-state index contributed by atoms with van der Waals surface area (Å²) in [6, 6.07) is 5.51. The van der Waals surface area contributed by atoms with Gasteiger partial charge in [0.1, 0.15) is 11.1 Å². The van der Waals surface area contributed by atoms with Crippen molar-refractivity contribution in [2.24, 2.45) is 0 Å². The SMILES string of the molecule is Nc1nc(N2CCNCC2)c2oc3cc(Cl)ccc3c2n1. The van der Waals surface area contributed by atoms with E-state index < -0.39 is 0 Å². The molecule has 1 aliphatic heterocycles. The summed E-state index contributed by atoms with van der Waals surface area (Å²) in [6.45, 7) is 3.56. The average molecular weight is 304 g/mol. The molecule has 0 amide bonds. The van der Waals surface area contributed by atoms with Crippen LogP contribution in [0.25, 0.3) is 22.1 Å². The second-order valence-corrected chi connectivity index (χ2v) is 5.50. The molecule has 108 valence electrons. The van der Waals surface area contributed by atoms with Gasteiger partial charge in [0.2, 0.25) is 5.95 Å².